The van der Waals surface area contributed by atoms with Crippen LogP contribution in [0, 0.1) is 0 Å². The summed E-state index contributed by atoms with van der Waals surface area (Å²) in [6.07, 6.45) is 0. The molecule has 0 radical (unpaired) electrons. The quantitative estimate of drug-likeness (QED) is 0.290. The number of carboxylic acids is 3. The van der Waals surface area contributed by atoms with Gasteiger partial charge in [0.15, 0.2) is 0 Å². The van der Waals surface area contributed by atoms with E-state index in [-0.39, 0.29) is 58.3 Å². The molecule has 1 aliphatic rings. The lowest BCUT2D eigenvalue weighted by molar-refractivity contribution is -0.308. The van der Waals surface area contributed by atoms with Crippen LogP contribution in [0.25, 0.3) is 0 Å². The van der Waals surface area contributed by atoms with Crippen molar-refractivity contribution in [2.45, 2.75) is 20.4 Å². The first-order valence-corrected chi connectivity index (χ1v) is 12.9. The third-order valence-electron chi connectivity index (χ3n) is 6.04. The molecule has 214 valence electrons. The van der Waals surface area contributed by atoms with Crippen LogP contribution < -0.4 is 15.3 Å². The summed E-state index contributed by atoms with van der Waals surface area (Å²) in [4.78, 5) is 54.9. The largest absolute Gasteiger partial charge is 0.549 e. The average Bonchev–Trinajstić information content (AvgIpc) is 2.86. The highest BCUT2D eigenvalue weighted by Crippen LogP contribution is 2.05. The number of hydrogen-bond donors (Lipinski definition) is 0. The smallest absolute Gasteiger partial charge is 0.236 e. The summed E-state index contributed by atoms with van der Waals surface area (Å²) in [5.41, 5.74) is 0.989. The normalized spacial score (nSPS) is 16.8. The molecule has 2 rings (SSSR count). The van der Waals surface area contributed by atoms with Gasteiger partial charge in [-0.3, -0.25) is 24.4 Å². The zero-order valence-corrected chi connectivity index (χ0v) is 22.7. The molecule has 12 heteroatoms. The summed E-state index contributed by atoms with van der Waals surface area (Å²) in [6, 6.07) is 9.56. The fourth-order valence-corrected chi connectivity index (χ4v) is 4.02. The zero-order valence-electron chi connectivity index (χ0n) is 22.7. The van der Waals surface area contributed by atoms with Crippen molar-refractivity contribution < 1.29 is 34.5 Å². The number of rotatable bonds is 10. The van der Waals surface area contributed by atoms with Gasteiger partial charge in [0.1, 0.15) is 0 Å². The Balaban J connectivity index is 0.00000352. The number of benzene rings is 1. The van der Waals surface area contributed by atoms with Gasteiger partial charge in [-0.05, 0) is 5.56 Å². The number of carboxylic acid groups (broad SMARTS) is 3. The van der Waals surface area contributed by atoms with Crippen LogP contribution in [-0.2, 0) is 25.7 Å². The maximum atomic E-state index is 12.9. The summed E-state index contributed by atoms with van der Waals surface area (Å²) in [5.74, 6) is -3.90. The van der Waals surface area contributed by atoms with E-state index >= 15 is 0 Å². The molecule has 1 saturated heterocycles. The van der Waals surface area contributed by atoms with E-state index < -0.39 is 17.9 Å². The number of nitrogens with zero attached hydrogens (tertiary/aromatic N) is 5. The standard InChI is InChI=1S/C24H37N5O7.C2H6/c1-25(15-20-5-3-2-4-6-20)21(30)16-26-7-9-27(17-22(31)32)11-13-29(19-24(35)36)14-12-28(10-8-26)18-23(33)34;1-2/h2-6H,7-19H2,1H3,(H,31,32)(H,33,34)(H,35,36);1-2H3/p-3. The van der Waals surface area contributed by atoms with Gasteiger partial charge in [-0.25, -0.2) is 0 Å². The topological polar surface area (TPSA) is 154 Å². The van der Waals surface area contributed by atoms with Crippen molar-refractivity contribution in [3.8, 4) is 0 Å². The van der Waals surface area contributed by atoms with Crippen LogP contribution in [0.3, 0.4) is 0 Å². The van der Waals surface area contributed by atoms with Crippen LogP contribution in [0.1, 0.15) is 19.4 Å². The van der Waals surface area contributed by atoms with E-state index in [4.69, 9.17) is 0 Å². The summed E-state index contributed by atoms with van der Waals surface area (Å²) in [5, 5.41) is 33.7. The summed E-state index contributed by atoms with van der Waals surface area (Å²) < 4.78 is 0. The van der Waals surface area contributed by atoms with E-state index in [2.05, 4.69) is 0 Å². The van der Waals surface area contributed by atoms with E-state index in [1.54, 1.807) is 26.6 Å². The molecule has 0 atom stereocenters. The Hall–Kier alpha value is -3.06. The van der Waals surface area contributed by atoms with Crippen LogP contribution >= 0.6 is 0 Å². The second-order valence-electron chi connectivity index (χ2n) is 8.96. The van der Waals surface area contributed by atoms with Crippen LogP contribution in [0.5, 0.6) is 0 Å². The van der Waals surface area contributed by atoms with Crippen LogP contribution in [0.4, 0.5) is 0 Å². The fourth-order valence-electron chi connectivity index (χ4n) is 4.02. The first kappa shape index (κ1) is 33.0. The van der Waals surface area contributed by atoms with Crippen molar-refractivity contribution in [2.75, 3.05) is 85.6 Å². The highest BCUT2D eigenvalue weighted by Gasteiger charge is 2.20. The molecule has 1 amide bonds. The molecule has 1 aliphatic heterocycles. The molecule has 0 unspecified atom stereocenters. The molecule has 0 bridgehead atoms. The predicted molar refractivity (Wildman–Crippen MR) is 135 cm³/mol. The van der Waals surface area contributed by atoms with Crippen LogP contribution in [-0.4, -0.2) is 134 Å². The molecule has 0 saturated carbocycles. The molecule has 1 heterocycles. The van der Waals surface area contributed by atoms with E-state index in [0.29, 0.717) is 32.7 Å². The highest BCUT2D eigenvalue weighted by atomic mass is 16.4. The van der Waals surface area contributed by atoms with E-state index in [1.807, 2.05) is 49.1 Å². The Morgan fingerprint density at radius 2 is 0.947 bits per heavy atom. The van der Waals surface area contributed by atoms with Gasteiger partial charge < -0.3 is 34.6 Å². The minimum atomic E-state index is -1.27. The molecule has 0 N–H and O–H groups in total. The van der Waals surface area contributed by atoms with E-state index in [1.165, 1.54) is 0 Å². The highest BCUT2D eigenvalue weighted by molar-refractivity contribution is 5.78. The summed E-state index contributed by atoms with van der Waals surface area (Å²) in [7, 11) is 1.71. The second kappa shape index (κ2) is 18.2. The van der Waals surface area contributed by atoms with Gasteiger partial charge >= 0.3 is 0 Å². The summed E-state index contributed by atoms with van der Waals surface area (Å²) >= 11 is 0. The van der Waals surface area contributed by atoms with E-state index in [9.17, 15) is 34.5 Å². The van der Waals surface area contributed by atoms with Crippen molar-refractivity contribution >= 4 is 23.8 Å². The molecular weight excluding hydrogens is 494 g/mol. The van der Waals surface area contributed by atoms with Crippen molar-refractivity contribution in [1.82, 2.24) is 24.5 Å². The van der Waals surface area contributed by atoms with Crippen molar-refractivity contribution in [1.29, 1.82) is 0 Å². The third kappa shape index (κ3) is 14.0. The van der Waals surface area contributed by atoms with Gasteiger partial charge in [0.2, 0.25) is 5.91 Å². The van der Waals surface area contributed by atoms with Gasteiger partial charge in [-0.2, -0.15) is 0 Å². The lowest BCUT2D eigenvalue weighted by Gasteiger charge is -2.34. The van der Waals surface area contributed by atoms with Crippen molar-refractivity contribution in [3.05, 3.63) is 35.9 Å². The van der Waals surface area contributed by atoms with Crippen molar-refractivity contribution in [2.24, 2.45) is 0 Å². The monoisotopic (exact) mass is 534 g/mol. The average molecular weight is 535 g/mol. The number of carbonyl (C=O) groups is 4. The number of carbonyl (C=O) groups excluding carboxylic acids is 4. The third-order valence-corrected chi connectivity index (χ3v) is 6.04. The SMILES string of the molecule is CC.CN(Cc1ccccc1)C(=O)CN1CCN(CC(=O)[O-])CCN(CC(=O)[O-])CCN(CC(=O)[O-])CC1. The molecule has 1 aromatic carbocycles. The minimum absolute atomic E-state index is 0.0818. The second-order valence-corrected chi connectivity index (χ2v) is 8.96. The number of aliphatic carboxylic acids is 3. The molecule has 12 nitrogen and oxygen atoms in total. The Labute approximate surface area is 225 Å². The Morgan fingerprint density at radius 1 is 0.632 bits per heavy atom. The van der Waals surface area contributed by atoms with Crippen LogP contribution in [0.15, 0.2) is 30.3 Å². The van der Waals surface area contributed by atoms with Gasteiger partial charge in [0, 0.05) is 85.6 Å². The number of amides is 1. The maximum Gasteiger partial charge on any atom is 0.236 e. The number of hydrogen-bond acceptors (Lipinski definition) is 11. The van der Waals surface area contributed by atoms with E-state index in [0.717, 1.165) is 5.56 Å². The Kier molecular flexibility index (Phi) is 15.8. The van der Waals surface area contributed by atoms with Gasteiger partial charge in [-0.15, -0.1) is 0 Å². The summed E-state index contributed by atoms with van der Waals surface area (Å²) in [6.45, 7) is 5.87. The lowest BCUT2D eigenvalue weighted by atomic mass is 10.2. The lowest BCUT2D eigenvalue weighted by Crippen LogP contribution is -2.52. The van der Waals surface area contributed by atoms with Crippen LogP contribution in [0.2, 0.25) is 0 Å². The molecule has 0 aromatic heterocycles. The molecule has 38 heavy (non-hydrogen) atoms. The molecule has 1 fully saturated rings. The van der Waals surface area contributed by atoms with Gasteiger partial charge in [-0.1, -0.05) is 44.2 Å². The Morgan fingerprint density at radius 3 is 1.26 bits per heavy atom. The molecule has 0 spiro atoms. The first-order chi connectivity index (χ1) is 18.1. The fraction of sp³-hybridized carbons (Fsp3) is 0.615. The molecule has 0 aliphatic carbocycles. The number of likely N-dealkylation sites (N-methyl/N-ethyl adjacent to an activating group) is 1. The van der Waals surface area contributed by atoms with Crippen molar-refractivity contribution in [3.63, 3.8) is 0 Å². The minimum Gasteiger partial charge on any atom is -0.549 e. The maximum absolute atomic E-state index is 12.9. The molecule has 1 aromatic rings. The molecular formula is C26H40N5O7-3. The Bertz CT molecular complexity index is 839. The predicted octanol–water partition coefficient (Wildman–Crippen LogP) is -3.86. The van der Waals surface area contributed by atoms with Gasteiger partial charge in [0.25, 0.3) is 0 Å². The first-order valence-electron chi connectivity index (χ1n) is 12.9. The zero-order chi connectivity index (χ0) is 28.5. The van der Waals surface area contributed by atoms with Gasteiger partial charge in [0.05, 0.1) is 24.5 Å².